The van der Waals surface area contributed by atoms with Crippen molar-refractivity contribution in [2.24, 2.45) is 0 Å². The largest absolute Gasteiger partial charge is 0.398 e. The Balaban J connectivity index is 2.35. The monoisotopic (exact) mass is 325 g/mol. The van der Waals surface area contributed by atoms with E-state index in [1.54, 1.807) is 38.4 Å². The van der Waals surface area contributed by atoms with Crippen LogP contribution < -0.4 is 10.5 Å². The number of pyridine rings is 1. The van der Waals surface area contributed by atoms with Crippen LogP contribution in [0.1, 0.15) is 24.1 Å². The molecule has 3 N–H and O–H groups in total. The van der Waals surface area contributed by atoms with Crippen LogP contribution in [-0.4, -0.2) is 13.4 Å². The summed E-state index contributed by atoms with van der Waals surface area (Å²) < 4.78 is 27.6. The predicted octanol–water partition coefficient (Wildman–Crippen LogP) is 2.67. The Bertz CT molecular complexity index is 748. The highest BCUT2D eigenvalue weighted by Gasteiger charge is 2.22. The number of nitrogens with zero attached hydrogens (tertiary/aromatic N) is 1. The van der Waals surface area contributed by atoms with E-state index in [1.807, 2.05) is 0 Å². The van der Waals surface area contributed by atoms with E-state index in [4.69, 9.17) is 17.3 Å². The number of nitrogen functional groups attached to an aromatic ring is 1. The van der Waals surface area contributed by atoms with Gasteiger partial charge in [-0.05, 0) is 43.2 Å². The third-order valence-electron chi connectivity index (χ3n) is 3.17. The molecule has 0 aliphatic heterocycles. The molecule has 1 aromatic heterocycles. The molecular weight excluding hydrogens is 310 g/mol. The van der Waals surface area contributed by atoms with Crippen molar-refractivity contribution < 1.29 is 8.42 Å². The molecule has 0 radical (unpaired) electrons. The molecule has 1 atom stereocenters. The number of anilines is 1. The summed E-state index contributed by atoms with van der Waals surface area (Å²) in [7, 11) is -3.73. The molecule has 0 aliphatic rings. The molecule has 0 bridgehead atoms. The molecular formula is C14H16ClN3O2S. The zero-order valence-corrected chi connectivity index (χ0v) is 13.2. The lowest BCUT2D eigenvalue weighted by atomic mass is 10.2. The standard InChI is InChI=1S/C14H16ClN3O2S/c1-9-13(16)6-12(15)7-14(9)21(19,20)18-10(2)11-4-3-5-17-8-11/h3-8,10,18H,16H2,1-2H3. The Kier molecular flexibility index (Phi) is 4.51. The summed E-state index contributed by atoms with van der Waals surface area (Å²) in [6.45, 7) is 3.40. The Morgan fingerprint density at radius 3 is 2.71 bits per heavy atom. The van der Waals surface area contributed by atoms with Crippen molar-refractivity contribution in [1.29, 1.82) is 0 Å². The van der Waals surface area contributed by atoms with Gasteiger partial charge in [-0.1, -0.05) is 17.7 Å². The molecule has 2 aromatic rings. The third kappa shape index (κ3) is 3.53. The molecule has 112 valence electrons. The Labute approximate surface area is 129 Å². The second kappa shape index (κ2) is 6.01. The van der Waals surface area contributed by atoms with Crippen LogP contribution in [0.25, 0.3) is 0 Å². The van der Waals surface area contributed by atoms with Gasteiger partial charge in [-0.25, -0.2) is 13.1 Å². The second-order valence-electron chi connectivity index (χ2n) is 4.75. The topological polar surface area (TPSA) is 85.1 Å². The van der Waals surface area contributed by atoms with Crippen molar-refractivity contribution in [2.45, 2.75) is 24.8 Å². The predicted molar refractivity (Wildman–Crippen MR) is 83.6 cm³/mol. The van der Waals surface area contributed by atoms with E-state index in [-0.39, 0.29) is 9.92 Å². The van der Waals surface area contributed by atoms with Gasteiger partial charge in [-0.3, -0.25) is 4.98 Å². The molecule has 1 aromatic carbocycles. The van der Waals surface area contributed by atoms with Crippen LogP contribution in [0.3, 0.4) is 0 Å². The Morgan fingerprint density at radius 1 is 1.38 bits per heavy atom. The molecule has 0 saturated carbocycles. The second-order valence-corrected chi connectivity index (χ2v) is 6.87. The number of hydrogen-bond donors (Lipinski definition) is 2. The fourth-order valence-electron chi connectivity index (χ4n) is 1.95. The van der Waals surface area contributed by atoms with Gasteiger partial charge in [0.05, 0.1) is 4.90 Å². The first-order chi connectivity index (χ1) is 9.81. The van der Waals surface area contributed by atoms with Crippen LogP contribution in [0, 0.1) is 6.92 Å². The van der Waals surface area contributed by atoms with Crippen molar-refractivity contribution in [3.05, 3.63) is 52.8 Å². The van der Waals surface area contributed by atoms with Gasteiger partial charge in [0.1, 0.15) is 0 Å². The van der Waals surface area contributed by atoms with Crippen LogP contribution >= 0.6 is 11.6 Å². The number of nitrogens with one attached hydrogen (secondary N) is 1. The van der Waals surface area contributed by atoms with Crippen LogP contribution in [0.5, 0.6) is 0 Å². The Hall–Kier alpha value is -1.63. The quantitative estimate of drug-likeness (QED) is 0.846. The van der Waals surface area contributed by atoms with E-state index >= 15 is 0 Å². The lowest BCUT2D eigenvalue weighted by Gasteiger charge is -2.16. The number of aromatic nitrogens is 1. The third-order valence-corrected chi connectivity index (χ3v) is 5.06. The van der Waals surface area contributed by atoms with Crippen LogP contribution in [0.4, 0.5) is 5.69 Å². The minimum atomic E-state index is -3.73. The molecule has 0 spiro atoms. The fourth-order valence-corrected chi connectivity index (χ4v) is 3.77. The van der Waals surface area contributed by atoms with Gasteiger partial charge in [-0.15, -0.1) is 0 Å². The number of hydrogen-bond acceptors (Lipinski definition) is 4. The fraction of sp³-hybridized carbons (Fsp3) is 0.214. The van der Waals surface area contributed by atoms with Crippen LogP contribution in [0.15, 0.2) is 41.6 Å². The summed E-state index contributed by atoms with van der Waals surface area (Å²) >= 11 is 5.90. The van der Waals surface area contributed by atoms with Crippen LogP contribution in [0.2, 0.25) is 5.02 Å². The number of benzene rings is 1. The van der Waals surface area contributed by atoms with Gasteiger partial charge in [0.2, 0.25) is 10.0 Å². The molecule has 0 aliphatic carbocycles. The molecule has 1 heterocycles. The SMILES string of the molecule is Cc1c(N)cc(Cl)cc1S(=O)(=O)NC(C)c1cccnc1. The summed E-state index contributed by atoms with van der Waals surface area (Å²) in [5.41, 5.74) is 7.37. The molecule has 1 unspecified atom stereocenters. The zero-order valence-electron chi connectivity index (χ0n) is 11.7. The van der Waals surface area contributed by atoms with Crippen molar-refractivity contribution in [3.63, 3.8) is 0 Å². The highest BCUT2D eigenvalue weighted by atomic mass is 35.5. The van der Waals surface area contributed by atoms with Gasteiger partial charge in [0, 0.05) is 29.1 Å². The number of rotatable bonds is 4. The molecule has 2 rings (SSSR count). The number of sulfonamides is 1. The maximum Gasteiger partial charge on any atom is 0.241 e. The lowest BCUT2D eigenvalue weighted by Crippen LogP contribution is -2.27. The summed E-state index contributed by atoms with van der Waals surface area (Å²) in [4.78, 5) is 4.06. The minimum Gasteiger partial charge on any atom is -0.398 e. The van der Waals surface area contributed by atoms with Gasteiger partial charge >= 0.3 is 0 Å². The van der Waals surface area contributed by atoms with Gasteiger partial charge in [0.25, 0.3) is 0 Å². The van der Waals surface area contributed by atoms with Crippen LogP contribution in [-0.2, 0) is 10.0 Å². The number of nitrogens with two attached hydrogens (primary N) is 1. The maximum absolute atomic E-state index is 12.5. The van der Waals surface area contributed by atoms with Crippen molar-refractivity contribution in [1.82, 2.24) is 9.71 Å². The smallest absolute Gasteiger partial charge is 0.241 e. The summed E-state index contributed by atoms with van der Waals surface area (Å²) in [6.07, 6.45) is 3.25. The molecule has 0 saturated heterocycles. The average Bonchev–Trinajstić information content (AvgIpc) is 2.43. The normalized spacial score (nSPS) is 13.1. The van der Waals surface area contributed by atoms with Crippen molar-refractivity contribution >= 4 is 27.3 Å². The van der Waals surface area contributed by atoms with Crippen molar-refractivity contribution in [2.75, 3.05) is 5.73 Å². The summed E-state index contributed by atoms with van der Waals surface area (Å²) in [5, 5.41) is 0.285. The zero-order chi connectivity index (χ0) is 15.6. The molecule has 7 heteroatoms. The first-order valence-electron chi connectivity index (χ1n) is 6.29. The first kappa shape index (κ1) is 15.8. The maximum atomic E-state index is 12.5. The van der Waals surface area contributed by atoms with E-state index in [9.17, 15) is 8.42 Å². The van der Waals surface area contributed by atoms with E-state index in [2.05, 4.69) is 9.71 Å². The van der Waals surface area contributed by atoms with Gasteiger partial charge < -0.3 is 5.73 Å². The highest BCUT2D eigenvalue weighted by molar-refractivity contribution is 7.89. The molecule has 5 nitrogen and oxygen atoms in total. The molecule has 0 fully saturated rings. The number of halogens is 1. The molecule has 0 amide bonds. The van der Waals surface area contributed by atoms with E-state index in [0.717, 1.165) is 5.56 Å². The molecule has 21 heavy (non-hydrogen) atoms. The van der Waals surface area contributed by atoms with Gasteiger partial charge in [0.15, 0.2) is 0 Å². The average molecular weight is 326 g/mol. The van der Waals surface area contributed by atoms with Crippen molar-refractivity contribution in [3.8, 4) is 0 Å². The van der Waals surface area contributed by atoms with E-state index < -0.39 is 16.1 Å². The van der Waals surface area contributed by atoms with Gasteiger partial charge in [-0.2, -0.15) is 0 Å². The Morgan fingerprint density at radius 2 is 2.10 bits per heavy atom. The summed E-state index contributed by atoms with van der Waals surface area (Å²) in [6, 6.07) is 6.07. The highest BCUT2D eigenvalue weighted by Crippen LogP contribution is 2.27. The first-order valence-corrected chi connectivity index (χ1v) is 8.15. The minimum absolute atomic E-state index is 0.0863. The van der Waals surface area contributed by atoms with E-state index in [0.29, 0.717) is 11.3 Å². The lowest BCUT2D eigenvalue weighted by molar-refractivity contribution is 0.566. The summed E-state index contributed by atoms with van der Waals surface area (Å²) in [5.74, 6) is 0. The van der Waals surface area contributed by atoms with E-state index in [1.165, 1.54) is 12.1 Å².